The van der Waals surface area contributed by atoms with Crippen molar-refractivity contribution >= 4 is 34.1 Å². The zero-order valence-electron chi connectivity index (χ0n) is 13.0. The van der Waals surface area contributed by atoms with E-state index in [1.165, 1.54) is 0 Å². The Kier molecular flexibility index (Phi) is 5.53. The van der Waals surface area contributed by atoms with Gasteiger partial charge in [0, 0.05) is 10.0 Å². The van der Waals surface area contributed by atoms with Crippen molar-refractivity contribution in [3.63, 3.8) is 0 Å². The first-order valence-corrected chi connectivity index (χ1v) is 8.20. The van der Waals surface area contributed by atoms with Crippen LogP contribution in [0.2, 0.25) is 0 Å². The standard InChI is InChI=1S/C17H14BrN5O2/c18-14-8-6-12(7-9-14)10-20-22-15(24)11-19-17-21-16(23-25-17)13-4-2-1-3-5-13/h1-10H,11H2,(H,22,24)(H,19,21,23)/b20-10+. The molecule has 0 atom stereocenters. The van der Waals surface area contributed by atoms with E-state index in [4.69, 9.17) is 4.52 Å². The molecular weight excluding hydrogens is 386 g/mol. The van der Waals surface area contributed by atoms with Gasteiger partial charge in [-0.1, -0.05) is 63.6 Å². The number of benzene rings is 2. The summed E-state index contributed by atoms with van der Waals surface area (Å²) >= 11 is 3.35. The molecule has 0 radical (unpaired) electrons. The average molecular weight is 400 g/mol. The Hall–Kier alpha value is -3.00. The molecule has 126 valence electrons. The van der Waals surface area contributed by atoms with Gasteiger partial charge in [-0.05, 0) is 17.7 Å². The summed E-state index contributed by atoms with van der Waals surface area (Å²) < 4.78 is 6.04. The number of nitrogens with one attached hydrogen (secondary N) is 2. The van der Waals surface area contributed by atoms with Gasteiger partial charge in [0.15, 0.2) is 0 Å². The minimum Gasteiger partial charge on any atom is -0.329 e. The number of amides is 1. The van der Waals surface area contributed by atoms with Crippen molar-refractivity contribution in [2.75, 3.05) is 11.9 Å². The van der Waals surface area contributed by atoms with Crippen LogP contribution in [0.25, 0.3) is 11.4 Å². The fourth-order valence-electron chi connectivity index (χ4n) is 1.92. The fourth-order valence-corrected chi connectivity index (χ4v) is 2.19. The average Bonchev–Trinajstić information content (AvgIpc) is 3.11. The van der Waals surface area contributed by atoms with E-state index in [9.17, 15) is 4.79 Å². The van der Waals surface area contributed by atoms with Crippen LogP contribution in [0.1, 0.15) is 5.56 Å². The molecule has 0 spiro atoms. The second kappa shape index (κ2) is 8.20. The van der Waals surface area contributed by atoms with Gasteiger partial charge in [0.2, 0.25) is 5.82 Å². The molecule has 3 aromatic rings. The minimum absolute atomic E-state index is 0.0336. The lowest BCUT2D eigenvalue weighted by Crippen LogP contribution is -2.25. The van der Waals surface area contributed by atoms with Gasteiger partial charge in [-0.15, -0.1) is 0 Å². The summed E-state index contributed by atoms with van der Waals surface area (Å²) in [5.74, 6) is 0.129. The monoisotopic (exact) mass is 399 g/mol. The van der Waals surface area contributed by atoms with E-state index in [2.05, 4.69) is 41.9 Å². The van der Waals surface area contributed by atoms with E-state index in [-0.39, 0.29) is 18.5 Å². The largest absolute Gasteiger partial charge is 0.329 e. The van der Waals surface area contributed by atoms with E-state index in [0.717, 1.165) is 15.6 Å². The molecule has 7 nitrogen and oxygen atoms in total. The van der Waals surface area contributed by atoms with Gasteiger partial charge in [0.1, 0.15) is 6.54 Å². The predicted molar refractivity (Wildman–Crippen MR) is 98.1 cm³/mol. The summed E-state index contributed by atoms with van der Waals surface area (Å²) in [5, 5.41) is 10.5. The normalized spacial score (nSPS) is 10.8. The molecule has 0 fully saturated rings. The van der Waals surface area contributed by atoms with E-state index in [1.54, 1.807) is 6.21 Å². The second-order valence-corrected chi connectivity index (χ2v) is 5.90. The smallest absolute Gasteiger partial charge is 0.322 e. The number of hydrogen-bond acceptors (Lipinski definition) is 6. The van der Waals surface area contributed by atoms with Crippen molar-refractivity contribution < 1.29 is 9.32 Å². The number of carbonyl (C=O) groups excluding carboxylic acids is 1. The van der Waals surface area contributed by atoms with Crippen LogP contribution in [0.5, 0.6) is 0 Å². The number of hydrazone groups is 1. The topological polar surface area (TPSA) is 92.4 Å². The summed E-state index contributed by atoms with van der Waals surface area (Å²) in [6.07, 6.45) is 1.56. The number of halogens is 1. The number of hydrogen-bond donors (Lipinski definition) is 2. The molecule has 1 heterocycles. The Morgan fingerprint density at radius 3 is 2.68 bits per heavy atom. The first-order chi connectivity index (χ1) is 12.2. The molecule has 0 aliphatic rings. The molecule has 0 bridgehead atoms. The Bertz CT molecular complexity index is 862. The SMILES string of the molecule is O=C(CNc1nc(-c2ccccc2)no1)N/N=C/c1ccc(Br)cc1. The van der Waals surface area contributed by atoms with Crippen molar-refractivity contribution in [1.82, 2.24) is 15.6 Å². The highest BCUT2D eigenvalue weighted by Gasteiger charge is 2.08. The lowest BCUT2D eigenvalue weighted by atomic mass is 10.2. The maximum Gasteiger partial charge on any atom is 0.322 e. The first-order valence-electron chi connectivity index (χ1n) is 7.41. The number of anilines is 1. The van der Waals surface area contributed by atoms with Crippen LogP contribution < -0.4 is 10.7 Å². The van der Waals surface area contributed by atoms with Gasteiger partial charge in [0.25, 0.3) is 5.91 Å². The Morgan fingerprint density at radius 2 is 1.92 bits per heavy atom. The number of nitrogens with zero attached hydrogens (tertiary/aromatic N) is 3. The first kappa shape index (κ1) is 16.8. The highest BCUT2D eigenvalue weighted by molar-refractivity contribution is 9.10. The number of rotatable bonds is 6. The summed E-state index contributed by atoms with van der Waals surface area (Å²) in [4.78, 5) is 15.9. The minimum atomic E-state index is -0.326. The Balaban J connectivity index is 1.48. The highest BCUT2D eigenvalue weighted by Crippen LogP contribution is 2.16. The fraction of sp³-hybridized carbons (Fsp3) is 0.0588. The van der Waals surface area contributed by atoms with Crippen LogP contribution in [-0.2, 0) is 4.79 Å². The third-order valence-electron chi connectivity index (χ3n) is 3.13. The van der Waals surface area contributed by atoms with Crippen LogP contribution in [0.4, 0.5) is 6.01 Å². The van der Waals surface area contributed by atoms with Gasteiger partial charge in [-0.3, -0.25) is 4.79 Å². The second-order valence-electron chi connectivity index (χ2n) is 4.99. The molecule has 25 heavy (non-hydrogen) atoms. The van der Waals surface area contributed by atoms with E-state index < -0.39 is 0 Å². The van der Waals surface area contributed by atoms with Gasteiger partial charge in [0.05, 0.1) is 6.21 Å². The highest BCUT2D eigenvalue weighted by atomic mass is 79.9. The van der Waals surface area contributed by atoms with Crippen LogP contribution >= 0.6 is 15.9 Å². The molecule has 0 aliphatic carbocycles. The molecule has 8 heteroatoms. The molecule has 1 aromatic heterocycles. The van der Waals surface area contributed by atoms with Crippen molar-refractivity contribution in [3.8, 4) is 11.4 Å². The van der Waals surface area contributed by atoms with Crippen LogP contribution in [0.3, 0.4) is 0 Å². The lowest BCUT2D eigenvalue weighted by molar-refractivity contribution is -0.119. The molecule has 1 amide bonds. The molecule has 2 aromatic carbocycles. The van der Waals surface area contributed by atoms with Crippen molar-refractivity contribution in [3.05, 3.63) is 64.6 Å². The maximum absolute atomic E-state index is 11.8. The molecule has 0 aliphatic heterocycles. The molecule has 3 rings (SSSR count). The van der Waals surface area contributed by atoms with E-state index in [0.29, 0.717) is 5.82 Å². The third-order valence-corrected chi connectivity index (χ3v) is 3.66. The van der Waals surface area contributed by atoms with Gasteiger partial charge in [-0.25, -0.2) is 5.43 Å². The summed E-state index contributed by atoms with van der Waals surface area (Å²) in [7, 11) is 0. The van der Waals surface area contributed by atoms with Crippen molar-refractivity contribution in [1.29, 1.82) is 0 Å². The lowest BCUT2D eigenvalue weighted by Gasteiger charge is -1.99. The summed E-state index contributed by atoms with van der Waals surface area (Å²) in [6.45, 7) is -0.0336. The number of carbonyl (C=O) groups is 1. The Morgan fingerprint density at radius 1 is 1.16 bits per heavy atom. The molecule has 2 N–H and O–H groups in total. The maximum atomic E-state index is 11.8. The molecule has 0 saturated heterocycles. The number of aromatic nitrogens is 2. The van der Waals surface area contributed by atoms with E-state index >= 15 is 0 Å². The van der Waals surface area contributed by atoms with Crippen LogP contribution in [0, 0.1) is 0 Å². The van der Waals surface area contributed by atoms with Crippen molar-refractivity contribution in [2.45, 2.75) is 0 Å². The van der Waals surface area contributed by atoms with Crippen LogP contribution in [0.15, 0.2) is 68.7 Å². The molecule has 0 unspecified atom stereocenters. The van der Waals surface area contributed by atoms with Gasteiger partial charge >= 0.3 is 6.01 Å². The van der Waals surface area contributed by atoms with Gasteiger partial charge in [-0.2, -0.15) is 10.1 Å². The zero-order valence-corrected chi connectivity index (χ0v) is 14.6. The zero-order chi connectivity index (χ0) is 17.5. The molecular formula is C17H14BrN5O2. The molecule has 0 saturated carbocycles. The quantitative estimate of drug-likeness (QED) is 0.490. The summed E-state index contributed by atoms with van der Waals surface area (Å²) in [5.41, 5.74) is 4.13. The van der Waals surface area contributed by atoms with E-state index in [1.807, 2.05) is 54.6 Å². The van der Waals surface area contributed by atoms with Crippen LogP contribution in [-0.4, -0.2) is 28.8 Å². The third kappa shape index (κ3) is 4.98. The summed E-state index contributed by atoms with van der Waals surface area (Å²) in [6, 6.07) is 17.1. The van der Waals surface area contributed by atoms with Crippen molar-refractivity contribution in [2.24, 2.45) is 5.10 Å². The van der Waals surface area contributed by atoms with Gasteiger partial charge < -0.3 is 9.84 Å². The predicted octanol–water partition coefficient (Wildman–Crippen LogP) is 3.06. The Labute approximate surface area is 152 Å².